The van der Waals surface area contributed by atoms with Gasteiger partial charge < -0.3 is 9.84 Å². The summed E-state index contributed by atoms with van der Waals surface area (Å²) in [5, 5.41) is 7.49. The number of aryl methyl sites for hydroxylation is 1. The summed E-state index contributed by atoms with van der Waals surface area (Å²) in [6.45, 7) is 2.15. The van der Waals surface area contributed by atoms with E-state index in [1.54, 1.807) is 0 Å². The first-order chi connectivity index (χ1) is 9.81. The van der Waals surface area contributed by atoms with E-state index in [1.807, 2.05) is 7.05 Å². The van der Waals surface area contributed by atoms with Gasteiger partial charge in [0.05, 0.1) is 5.92 Å². The Morgan fingerprint density at radius 2 is 2.05 bits per heavy atom. The van der Waals surface area contributed by atoms with Gasteiger partial charge in [-0.3, -0.25) is 0 Å². The lowest BCUT2D eigenvalue weighted by Gasteiger charge is -2.14. The van der Waals surface area contributed by atoms with Crippen molar-refractivity contribution >= 4 is 0 Å². The number of hydrogen-bond donors (Lipinski definition) is 1. The van der Waals surface area contributed by atoms with Crippen LogP contribution in [0.5, 0.6) is 0 Å². The van der Waals surface area contributed by atoms with Gasteiger partial charge >= 0.3 is 0 Å². The van der Waals surface area contributed by atoms with Crippen LogP contribution in [0.2, 0.25) is 0 Å². The Balaban J connectivity index is 1.82. The first-order valence-electron chi connectivity index (χ1n) is 7.42. The number of hydrogen-bond acceptors (Lipinski definition) is 4. The molecule has 3 rings (SSSR count). The van der Waals surface area contributed by atoms with Crippen LogP contribution < -0.4 is 5.32 Å². The maximum atomic E-state index is 5.49. The second-order valence-electron chi connectivity index (χ2n) is 5.44. The third kappa shape index (κ3) is 2.48. The van der Waals surface area contributed by atoms with Crippen molar-refractivity contribution in [1.29, 1.82) is 0 Å². The van der Waals surface area contributed by atoms with E-state index >= 15 is 0 Å². The van der Waals surface area contributed by atoms with Crippen LogP contribution in [0, 0.1) is 0 Å². The molecule has 4 heteroatoms. The highest BCUT2D eigenvalue weighted by Crippen LogP contribution is 2.34. The third-order valence-electron chi connectivity index (χ3n) is 4.27. The molecule has 2 atom stereocenters. The average molecular weight is 271 g/mol. The van der Waals surface area contributed by atoms with E-state index in [9.17, 15) is 0 Å². The molecule has 1 saturated carbocycles. The highest BCUT2D eigenvalue weighted by Gasteiger charge is 2.31. The molecule has 1 fully saturated rings. The molecular weight excluding hydrogens is 250 g/mol. The highest BCUT2D eigenvalue weighted by molar-refractivity contribution is 5.54. The van der Waals surface area contributed by atoms with Crippen molar-refractivity contribution in [2.75, 3.05) is 7.05 Å². The van der Waals surface area contributed by atoms with Crippen molar-refractivity contribution in [3.63, 3.8) is 0 Å². The van der Waals surface area contributed by atoms with Crippen molar-refractivity contribution in [1.82, 2.24) is 15.5 Å². The molecule has 1 N–H and O–H groups in total. The van der Waals surface area contributed by atoms with E-state index in [0.717, 1.165) is 24.3 Å². The summed E-state index contributed by atoms with van der Waals surface area (Å²) in [6, 6.07) is 8.84. The van der Waals surface area contributed by atoms with E-state index in [1.165, 1.54) is 18.4 Å². The molecule has 20 heavy (non-hydrogen) atoms. The van der Waals surface area contributed by atoms with Crippen LogP contribution in [0.1, 0.15) is 43.6 Å². The second kappa shape index (κ2) is 5.75. The number of rotatable bonds is 4. The van der Waals surface area contributed by atoms with E-state index in [0.29, 0.717) is 17.8 Å². The molecule has 2 unspecified atom stereocenters. The van der Waals surface area contributed by atoms with Crippen molar-refractivity contribution < 1.29 is 4.52 Å². The fourth-order valence-electron chi connectivity index (χ4n) is 2.99. The van der Waals surface area contributed by atoms with Crippen LogP contribution in [-0.4, -0.2) is 23.2 Å². The number of likely N-dealkylation sites (N-methyl/N-ethyl adjacent to an activating group) is 1. The molecule has 0 bridgehead atoms. The van der Waals surface area contributed by atoms with Crippen LogP contribution in [-0.2, 0) is 6.42 Å². The molecule has 1 aromatic carbocycles. The monoisotopic (exact) mass is 271 g/mol. The number of benzene rings is 1. The largest absolute Gasteiger partial charge is 0.339 e. The fourth-order valence-corrected chi connectivity index (χ4v) is 2.99. The van der Waals surface area contributed by atoms with Crippen molar-refractivity contribution in [2.24, 2.45) is 0 Å². The Labute approximate surface area is 119 Å². The number of aromatic nitrogens is 2. The lowest BCUT2D eigenvalue weighted by molar-refractivity contribution is 0.335. The van der Waals surface area contributed by atoms with Gasteiger partial charge in [0.1, 0.15) is 0 Å². The first-order valence-corrected chi connectivity index (χ1v) is 7.42. The van der Waals surface area contributed by atoms with E-state index in [-0.39, 0.29) is 0 Å². The SMILES string of the molecule is CCc1ccc(-c2noc(C3CCCC3NC)n2)cc1. The van der Waals surface area contributed by atoms with Gasteiger partial charge in [-0.25, -0.2) is 0 Å². The summed E-state index contributed by atoms with van der Waals surface area (Å²) in [5.74, 6) is 1.83. The van der Waals surface area contributed by atoms with E-state index in [4.69, 9.17) is 4.52 Å². The predicted octanol–water partition coefficient (Wildman–Crippen LogP) is 3.15. The van der Waals surface area contributed by atoms with Gasteiger partial charge in [-0.1, -0.05) is 42.8 Å². The van der Waals surface area contributed by atoms with Crippen LogP contribution in [0.15, 0.2) is 28.8 Å². The van der Waals surface area contributed by atoms with Crippen LogP contribution in [0.25, 0.3) is 11.4 Å². The smallest absolute Gasteiger partial charge is 0.231 e. The summed E-state index contributed by atoms with van der Waals surface area (Å²) in [6.07, 6.45) is 4.58. The average Bonchev–Trinajstić information content (AvgIpc) is 3.15. The highest BCUT2D eigenvalue weighted by atomic mass is 16.5. The molecule has 0 saturated heterocycles. The zero-order valence-corrected chi connectivity index (χ0v) is 12.1. The maximum absolute atomic E-state index is 5.49. The van der Waals surface area contributed by atoms with Crippen molar-refractivity contribution in [3.05, 3.63) is 35.7 Å². The minimum Gasteiger partial charge on any atom is -0.339 e. The summed E-state index contributed by atoms with van der Waals surface area (Å²) >= 11 is 0. The molecule has 106 valence electrons. The fraction of sp³-hybridized carbons (Fsp3) is 0.500. The quantitative estimate of drug-likeness (QED) is 0.928. The van der Waals surface area contributed by atoms with Crippen molar-refractivity contribution in [3.8, 4) is 11.4 Å². The zero-order chi connectivity index (χ0) is 13.9. The second-order valence-corrected chi connectivity index (χ2v) is 5.44. The predicted molar refractivity (Wildman–Crippen MR) is 78.6 cm³/mol. The molecule has 0 amide bonds. The van der Waals surface area contributed by atoms with Crippen molar-refractivity contribution in [2.45, 2.75) is 44.6 Å². The maximum Gasteiger partial charge on any atom is 0.231 e. The first kappa shape index (κ1) is 13.3. The minimum atomic E-state index is 0.358. The van der Waals surface area contributed by atoms with E-state index < -0.39 is 0 Å². The van der Waals surface area contributed by atoms with Gasteiger partial charge in [-0.15, -0.1) is 0 Å². The van der Waals surface area contributed by atoms with Gasteiger partial charge in [-0.05, 0) is 31.9 Å². The van der Waals surface area contributed by atoms with Gasteiger partial charge in [0.2, 0.25) is 11.7 Å². The molecule has 4 nitrogen and oxygen atoms in total. The van der Waals surface area contributed by atoms with Crippen LogP contribution >= 0.6 is 0 Å². The topological polar surface area (TPSA) is 51.0 Å². The molecule has 0 spiro atoms. The van der Waals surface area contributed by atoms with Crippen LogP contribution in [0.4, 0.5) is 0 Å². The summed E-state index contributed by atoms with van der Waals surface area (Å²) in [5.41, 5.74) is 2.35. The normalized spacial score (nSPS) is 22.3. The Hall–Kier alpha value is -1.68. The van der Waals surface area contributed by atoms with E-state index in [2.05, 4.69) is 46.6 Å². The Morgan fingerprint density at radius 1 is 1.25 bits per heavy atom. The number of nitrogens with one attached hydrogen (secondary N) is 1. The molecule has 1 aliphatic carbocycles. The lowest BCUT2D eigenvalue weighted by atomic mass is 10.0. The zero-order valence-electron chi connectivity index (χ0n) is 12.1. The van der Waals surface area contributed by atoms with Gasteiger partial charge in [0.25, 0.3) is 0 Å². The molecule has 1 heterocycles. The third-order valence-corrected chi connectivity index (χ3v) is 4.27. The van der Waals surface area contributed by atoms with Gasteiger partial charge in [0, 0.05) is 11.6 Å². The number of nitrogens with zero attached hydrogens (tertiary/aromatic N) is 2. The summed E-state index contributed by atoms with van der Waals surface area (Å²) < 4.78 is 5.49. The lowest BCUT2D eigenvalue weighted by Crippen LogP contribution is -2.27. The van der Waals surface area contributed by atoms with Gasteiger partial charge in [-0.2, -0.15) is 4.98 Å². The minimum absolute atomic E-state index is 0.358. The molecule has 1 aliphatic rings. The summed E-state index contributed by atoms with van der Waals surface area (Å²) in [4.78, 5) is 4.60. The molecule has 0 radical (unpaired) electrons. The molecular formula is C16H21N3O. The molecule has 1 aromatic heterocycles. The Bertz CT molecular complexity index is 561. The standard InChI is InChI=1S/C16H21N3O/c1-3-11-7-9-12(10-8-11)15-18-16(20-19-15)13-5-4-6-14(13)17-2/h7-10,13-14,17H,3-6H2,1-2H3. The Kier molecular flexibility index (Phi) is 3.83. The van der Waals surface area contributed by atoms with Crippen LogP contribution in [0.3, 0.4) is 0 Å². The molecule has 0 aliphatic heterocycles. The summed E-state index contributed by atoms with van der Waals surface area (Å²) in [7, 11) is 2.00. The Morgan fingerprint density at radius 3 is 2.75 bits per heavy atom. The molecule has 2 aromatic rings. The van der Waals surface area contributed by atoms with Gasteiger partial charge in [0.15, 0.2) is 0 Å².